The van der Waals surface area contributed by atoms with E-state index in [2.05, 4.69) is 10.3 Å². The van der Waals surface area contributed by atoms with Gasteiger partial charge in [0.05, 0.1) is 18.4 Å². The van der Waals surface area contributed by atoms with Crippen LogP contribution in [-0.4, -0.2) is 26.0 Å². The van der Waals surface area contributed by atoms with Gasteiger partial charge in [0.1, 0.15) is 5.76 Å². The molecule has 18 heavy (non-hydrogen) atoms. The summed E-state index contributed by atoms with van der Waals surface area (Å²) in [4.78, 5) is 10.4. The van der Waals surface area contributed by atoms with E-state index < -0.39 is 5.97 Å². The molecule has 0 aromatic carbocycles. The number of carboxylic acids is 1. The summed E-state index contributed by atoms with van der Waals surface area (Å²) in [6, 6.07) is 0. The van der Waals surface area contributed by atoms with Gasteiger partial charge in [-0.3, -0.25) is 4.68 Å². The third kappa shape index (κ3) is 2.65. The Morgan fingerprint density at radius 2 is 2.33 bits per heavy atom. The van der Waals surface area contributed by atoms with Gasteiger partial charge in [-0.2, -0.15) is 5.10 Å². The van der Waals surface area contributed by atoms with Crippen LogP contribution in [0.25, 0.3) is 6.08 Å². The first kappa shape index (κ1) is 12.1. The fourth-order valence-corrected chi connectivity index (χ4v) is 1.61. The first-order chi connectivity index (χ1) is 8.56. The Balaban J connectivity index is 2.14. The molecule has 0 spiro atoms. The highest BCUT2D eigenvalue weighted by Gasteiger charge is 2.09. The van der Waals surface area contributed by atoms with Gasteiger partial charge in [-0.15, -0.1) is 0 Å². The van der Waals surface area contributed by atoms with Crippen LogP contribution in [0, 0.1) is 13.8 Å². The molecular weight excluding hydrogens is 234 g/mol. The van der Waals surface area contributed by atoms with Crippen molar-refractivity contribution in [2.45, 2.75) is 20.4 Å². The first-order valence-electron chi connectivity index (χ1n) is 5.41. The number of carboxylic acid groups (broad SMARTS) is 1. The highest BCUT2D eigenvalue weighted by molar-refractivity contribution is 5.85. The van der Waals surface area contributed by atoms with Crippen LogP contribution in [-0.2, 0) is 11.3 Å². The largest absolute Gasteiger partial charge is 0.478 e. The lowest BCUT2D eigenvalue weighted by molar-refractivity contribution is -0.131. The third-order valence-corrected chi connectivity index (χ3v) is 2.57. The summed E-state index contributed by atoms with van der Waals surface area (Å²) >= 11 is 0. The Kier molecular flexibility index (Phi) is 3.27. The maximum absolute atomic E-state index is 10.4. The maximum atomic E-state index is 10.4. The number of rotatable bonds is 4. The smallest absolute Gasteiger partial charge is 0.328 e. The number of carbonyl (C=O) groups is 1. The zero-order valence-electron chi connectivity index (χ0n) is 10.1. The van der Waals surface area contributed by atoms with E-state index in [1.54, 1.807) is 17.1 Å². The fourth-order valence-electron chi connectivity index (χ4n) is 1.61. The Hall–Kier alpha value is -2.37. The molecule has 0 amide bonds. The molecule has 2 aromatic rings. The fraction of sp³-hybridized carbons (Fsp3) is 0.250. The molecule has 0 aliphatic heterocycles. The van der Waals surface area contributed by atoms with Gasteiger partial charge in [-0.25, -0.2) is 4.79 Å². The lowest BCUT2D eigenvalue weighted by Gasteiger charge is -1.99. The van der Waals surface area contributed by atoms with Crippen LogP contribution in [0.5, 0.6) is 0 Å². The van der Waals surface area contributed by atoms with Crippen LogP contribution < -0.4 is 0 Å². The van der Waals surface area contributed by atoms with E-state index in [0.717, 1.165) is 28.7 Å². The highest BCUT2D eigenvalue weighted by Crippen LogP contribution is 2.14. The summed E-state index contributed by atoms with van der Waals surface area (Å²) in [7, 11) is 0. The molecule has 0 aliphatic carbocycles. The summed E-state index contributed by atoms with van der Waals surface area (Å²) in [6.07, 6.45) is 5.96. The van der Waals surface area contributed by atoms with E-state index in [0.29, 0.717) is 6.54 Å². The molecule has 0 fully saturated rings. The molecule has 0 atom stereocenters. The van der Waals surface area contributed by atoms with Gasteiger partial charge in [0.2, 0.25) is 0 Å². The summed E-state index contributed by atoms with van der Waals surface area (Å²) in [5, 5.41) is 16.6. The Morgan fingerprint density at radius 1 is 1.56 bits per heavy atom. The molecular formula is C12H13N3O3. The van der Waals surface area contributed by atoms with Crippen molar-refractivity contribution in [3.8, 4) is 0 Å². The molecule has 1 N–H and O–H groups in total. The van der Waals surface area contributed by atoms with E-state index in [1.165, 1.54) is 6.08 Å². The highest BCUT2D eigenvalue weighted by atomic mass is 16.5. The van der Waals surface area contributed by atoms with Crippen molar-refractivity contribution in [1.82, 2.24) is 14.9 Å². The quantitative estimate of drug-likeness (QED) is 0.830. The Labute approximate surface area is 104 Å². The van der Waals surface area contributed by atoms with Gasteiger partial charge in [0, 0.05) is 23.4 Å². The van der Waals surface area contributed by atoms with Crippen molar-refractivity contribution in [3.05, 3.63) is 41.1 Å². The van der Waals surface area contributed by atoms with Crippen LogP contribution in [0.4, 0.5) is 0 Å². The van der Waals surface area contributed by atoms with E-state index >= 15 is 0 Å². The predicted molar refractivity (Wildman–Crippen MR) is 64.0 cm³/mol. The second-order valence-electron chi connectivity index (χ2n) is 3.95. The summed E-state index contributed by atoms with van der Waals surface area (Å²) < 4.78 is 6.79. The van der Waals surface area contributed by atoms with Crippen molar-refractivity contribution in [2.24, 2.45) is 0 Å². The minimum absolute atomic E-state index is 0.558. The minimum atomic E-state index is -0.978. The number of hydrogen-bond acceptors (Lipinski definition) is 4. The van der Waals surface area contributed by atoms with E-state index in [9.17, 15) is 4.79 Å². The lowest BCUT2D eigenvalue weighted by Crippen LogP contribution is -2.01. The molecule has 0 aliphatic rings. The number of hydrogen-bond donors (Lipinski definition) is 1. The van der Waals surface area contributed by atoms with E-state index in [-0.39, 0.29) is 0 Å². The van der Waals surface area contributed by atoms with Crippen LogP contribution in [0.3, 0.4) is 0 Å². The topological polar surface area (TPSA) is 81.2 Å². The molecule has 94 valence electrons. The lowest BCUT2D eigenvalue weighted by atomic mass is 10.2. The second-order valence-corrected chi connectivity index (χ2v) is 3.95. The molecule has 6 nitrogen and oxygen atoms in total. The number of aromatic nitrogens is 3. The Morgan fingerprint density at radius 3 is 2.94 bits per heavy atom. The molecule has 0 bridgehead atoms. The monoisotopic (exact) mass is 247 g/mol. The summed E-state index contributed by atoms with van der Waals surface area (Å²) in [5.41, 5.74) is 2.57. The van der Waals surface area contributed by atoms with Crippen molar-refractivity contribution in [1.29, 1.82) is 0 Å². The molecule has 2 aromatic heterocycles. The predicted octanol–water partition coefficient (Wildman–Crippen LogP) is 1.63. The van der Waals surface area contributed by atoms with Gasteiger partial charge < -0.3 is 9.63 Å². The van der Waals surface area contributed by atoms with Gasteiger partial charge in [0.25, 0.3) is 0 Å². The van der Waals surface area contributed by atoms with E-state index in [4.69, 9.17) is 9.63 Å². The summed E-state index contributed by atoms with van der Waals surface area (Å²) in [5.74, 6) is -0.209. The first-order valence-corrected chi connectivity index (χ1v) is 5.41. The molecule has 2 rings (SSSR count). The van der Waals surface area contributed by atoms with Crippen molar-refractivity contribution in [3.63, 3.8) is 0 Å². The molecule has 0 saturated carbocycles. The number of aryl methyl sites for hydroxylation is 2. The molecule has 0 saturated heterocycles. The minimum Gasteiger partial charge on any atom is -0.478 e. The van der Waals surface area contributed by atoms with Crippen molar-refractivity contribution < 1.29 is 14.4 Å². The average molecular weight is 247 g/mol. The zero-order valence-corrected chi connectivity index (χ0v) is 10.1. The van der Waals surface area contributed by atoms with E-state index in [1.807, 2.05) is 13.8 Å². The number of aliphatic carboxylic acids is 1. The SMILES string of the molecule is Cc1noc(C)c1Cn1cc(/C=C/C(=O)O)cn1. The van der Waals surface area contributed by atoms with Gasteiger partial charge in [-0.05, 0) is 19.9 Å². The van der Waals surface area contributed by atoms with Crippen LogP contribution >= 0.6 is 0 Å². The third-order valence-electron chi connectivity index (χ3n) is 2.57. The zero-order chi connectivity index (χ0) is 13.1. The van der Waals surface area contributed by atoms with Crippen LogP contribution in [0.15, 0.2) is 23.0 Å². The second kappa shape index (κ2) is 4.87. The van der Waals surface area contributed by atoms with Gasteiger partial charge in [-0.1, -0.05) is 5.16 Å². The maximum Gasteiger partial charge on any atom is 0.328 e. The summed E-state index contributed by atoms with van der Waals surface area (Å²) in [6.45, 7) is 4.28. The molecule has 6 heteroatoms. The van der Waals surface area contributed by atoms with Gasteiger partial charge >= 0.3 is 5.97 Å². The van der Waals surface area contributed by atoms with Crippen molar-refractivity contribution >= 4 is 12.0 Å². The molecule has 0 unspecified atom stereocenters. The standard InChI is InChI=1S/C12H13N3O3/c1-8-11(9(2)18-14-8)7-15-6-10(5-13-15)3-4-12(16)17/h3-6H,7H2,1-2H3,(H,16,17)/b4-3+. The van der Waals surface area contributed by atoms with Crippen LogP contribution in [0.2, 0.25) is 0 Å². The normalized spacial score (nSPS) is 11.2. The van der Waals surface area contributed by atoms with Gasteiger partial charge in [0.15, 0.2) is 0 Å². The molecule has 0 radical (unpaired) electrons. The van der Waals surface area contributed by atoms with Crippen LogP contribution in [0.1, 0.15) is 22.6 Å². The van der Waals surface area contributed by atoms with Crippen molar-refractivity contribution in [2.75, 3.05) is 0 Å². The Bertz CT molecular complexity index is 576. The number of nitrogens with zero attached hydrogens (tertiary/aromatic N) is 3. The molecule has 2 heterocycles. The average Bonchev–Trinajstić information content (AvgIpc) is 2.88.